The maximum atomic E-state index is 11.8. The first-order valence-corrected chi connectivity index (χ1v) is 5.42. The Morgan fingerprint density at radius 1 is 1.47 bits per heavy atom. The minimum atomic E-state index is 0.0418. The fourth-order valence-electron chi connectivity index (χ4n) is 1.59. The van der Waals surface area contributed by atoms with E-state index >= 15 is 0 Å². The highest BCUT2D eigenvalue weighted by molar-refractivity contribution is 5.83. The molecule has 0 atom stereocenters. The van der Waals surface area contributed by atoms with Crippen LogP contribution in [-0.2, 0) is 0 Å². The van der Waals surface area contributed by atoms with E-state index in [1.165, 1.54) is 4.68 Å². The van der Waals surface area contributed by atoms with Crippen molar-refractivity contribution in [2.24, 2.45) is 5.92 Å². The molecule has 2 aromatic heterocycles. The highest BCUT2D eigenvalue weighted by Crippen LogP contribution is 2.30. The summed E-state index contributed by atoms with van der Waals surface area (Å²) in [5.41, 5.74) is 6.28. The van der Waals surface area contributed by atoms with Crippen LogP contribution in [0.25, 0.3) is 11.4 Å². The van der Waals surface area contributed by atoms with E-state index in [2.05, 4.69) is 15.1 Å². The Kier molecular flexibility index (Phi) is 2.14. The van der Waals surface area contributed by atoms with Crippen molar-refractivity contribution in [3.63, 3.8) is 0 Å². The first-order chi connectivity index (χ1) is 8.24. The van der Waals surface area contributed by atoms with Gasteiger partial charge in [0, 0.05) is 18.3 Å². The number of carbonyl (C=O) groups excluding carboxylic acids is 1. The average Bonchev–Trinajstić information content (AvgIpc) is 3.05. The third-order valence-electron chi connectivity index (χ3n) is 2.67. The average molecular weight is 229 g/mol. The van der Waals surface area contributed by atoms with E-state index in [0.717, 1.165) is 12.8 Å². The van der Waals surface area contributed by atoms with E-state index in [0.29, 0.717) is 17.2 Å². The van der Waals surface area contributed by atoms with Gasteiger partial charge in [-0.05, 0) is 18.9 Å². The highest BCUT2D eigenvalue weighted by atomic mass is 16.2. The number of nitrogen functional groups attached to an aromatic ring is 1. The van der Waals surface area contributed by atoms with Crippen LogP contribution >= 0.6 is 0 Å². The molecule has 86 valence electrons. The molecule has 6 nitrogen and oxygen atoms in total. The second-order valence-corrected chi connectivity index (χ2v) is 4.09. The van der Waals surface area contributed by atoms with Crippen molar-refractivity contribution in [1.82, 2.24) is 19.7 Å². The van der Waals surface area contributed by atoms with Gasteiger partial charge in [0.1, 0.15) is 5.82 Å². The Morgan fingerprint density at radius 2 is 2.29 bits per heavy atom. The summed E-state index contributed by atoms with van der Waals surface area (Å²) in [6, 6.07) is 1.61. The SMILES string of the molecule is Nc1ccnc(-c2cnn(C(=O)C3CC3)c2)n1. The second kappa shape index (κ2) is 3.65. The zero-order chi connectivity index (χ0) is 11.8. The monoisotopic (exact) mass is 229 g/mol. The van der Waals surface area contributed by atoms with E-state index in [-0.39, 0.29) is 11.8 Å². The fraction of sp³-hybridized carbons (Fsp3) is 0.273. The number of carbonyl (C=O) groups is 1. The van der Waals surface area contributed by atoms with Crippen molar-refractivity contribution in [3.8, 4) is 11.4 Å². The number of hydrogen-bond acceptors (Lipinski definition) is 5. The molecular weight excluding hydrogens is 218 g/mol. The number of anilines is 1. The van der Waals surface area contributed by atoms with Gasteiger partial charge >= 0.3 is 0 Å². The largest absolute Gasteiger partial charge is 0.384 e. The van der Waals surface area contributed by atoms with Gasteiger partial charge in [-0.2, -0.15) is 5.10 Å². The smallest absolute Gasteiger partial charge is 0.249 e. The molecule has 0 spiro atoms. The van der Waals surface area contributed by atoms with Crippen LogP contribution in [-0.4, -0.2) is 25.7 Å². The fourth-order valence-corrected chi connectivity index (χ4v) is 1.59. The summed E-state index contributed by atoms with van der Waals surface area (Å²) in [7, 11) is 0. The van der Waals surface area contributed by atoms with Crippen molar-refractivity contribution >= 4 is 11.7 Å². The lowest BCUT2D eigenvalue weighted by molar-refractivity contribution is 0.0870. The third kappa shape index (κ3) is 1.89. The van der Waals surface area contributed by atoms with Crippen molar-refractivity contribution in [1.29, 1.82) is 0 Å². The Labute approximate surface area is 97.5 Å². The number of aromatic nitrogens is 4. The molecule has 2 aromatic rings. The summed E-state index contributed by atoms with van der Waals surface area (Å²) >= 11 is 0. The summed E-state index contributed by atoms with van der Waals surface area (Å²) in [6.07, 6.45) is 6.73. The van der Waals surface area contributed by atoms with Crippen molar-refractivity contribution in [3.05, 3.63) is 24.7 Å². The molecule has 0 amide bonds. The first kappa shape index (κ1) is 9.95. The van der Waals surface area contributed by atoms with E-state index in [4.69, 9.17) is 5.73 Å². The summed E-state index contributed by atoms with van der Waals surface area (Å²) in [6.45, 7) is 0. The number of rotatable bonds is 2. The molecule has 0 unspecified atom stereocenters. The molecule has 17 heavy (non-hydrogen) atoms. The van der Waals surface area contributed by atoms with Crippen LogP contribution in [0.3, 0.4) is 0 Å². The molecule has 1 saturated carbocycles. The van der Waals surface area contributed by atoms with Gasteiger partial charge < -0.3 is 5.73 Å². The van der Waals surface area contributed by atoms with Gasteiger partial charge in [0.15, 0.2) is 5.82 Å². The Hall–Kier alpha value is -2.24. The highest BCUT2D eigenvalue weighted by Gasteiger charge is 2.31. The van der Waals surface area contributed by atoms with E-state index in [1.54, 1.807) is 24.7 Å². The van der Waals surface area contributed by atoms with Crippen molar-refractivity contribution < 1.29 is 4.79 Å². The predicted molar refractivity (Wildman–Crippen MR) is 61.0 cm³/mol. The molecule has 2 heterocycles. The molecule has 6 heteroatoms. The Balaban J connectivity index is 1.91. The molecule has 0 bridgehead atoms. The number of nitrogens with two attached hydrogens (primary N) is 1. The van der Waals surface area contributed by atoms with Gasteiger partial charge in [0.25, 0.3) is 0 Å². The van der Waals surface area contributed by atoms with Gasteiger partial charge in [-0.15, -0.1) is 0 Å². The molecule has 0 aliphatic heterocycles. The maximum Gasteiger partial charge on any atom is 0.249 e. The molecule has 0 radical (unpaired) electrons. The predicted octanol–water partition coefficient (Wildman–Crippen LogP) is 0.972. The quantitative estimate of drug-likeness (QED) is 0.829. The van der Waals surface area contributed by atoms with Crippen LogP contribution in [0.4, 0.5) is 5.82 Å². The molecule has 1 aliphatic rings. The first-order valence-electron chi connectivity index (χ1n) is 5.42. The van der Waals surface area contributed by atoms with Gasteiger partial charge in [0.05, 0.1) is 11.8 Å². The molecule has 1 fully saturated rings. The van der Waals surface area contributed by atoms with Crippen LogP contribution in [0, 0.1) is 5.92 Å². The number of nitrogens with zero attached hydrogens (tertiary/aromatic N) is 4. The third-order valence-corrected chi connectivity index (χ3v) is 2.67. The minimum Gasteiger partial charge on any atom is -0.384 e. The second-order valence-electron chi connectivity index (χ2n) is 4.09. The van der Waals surface area contributed by atoms with E-state index < -0.39 is 0 Å². The molecular formula is C11H11N5O. The summed E-state index contributed by atoms with van der Waals surface area (Å²) in [4.78, 5) is 19.9. The summed E-state index contributed by atoms with van der Waals surface area (Å²) < 4.78 is 1.36. The topological polar surface area (TPSA) is 86.7 Å². The standard InChI is InChI=1S/C11H11N5O/c12-9-3-4-13-10(15-9)8-5-14-16(6-8)11(17)7-1-2-7/h3-7H,1-2H2,(H2,12,13,15). The van der Waals surface area contributed by atoms with Gasteiger partial charge in [-0.3, -0.25) is 4.79 Å². The van der Waals surface area contributed by atoms with Gasteiger partial charge in [-0.1, -0.05) is 0 Å². The van der Waals surface area contributed by atoms with Crippen molar-refractivity contribution in [2.75, 3.05) is 5.73 Å². The normalized spacial score (nSPS) is 14.8. The van der Waals surface area contributed by atoms with Gasteiger partial charge in [0.2, 0.25) is 5.91 Å². The lowest BCUT2D eigenvalue weighted by Crippen LogP contribution is -2.12. The van der Waals surface area contributed by atoms with E-state index in [9.17, 15) is 4.79 Å². The van der Waals surface area contributed by atoms with Crippen molar-refractivity contribution in [2.45, 2.75) is 12.8 Å². The zero-order valence-electron chi connectivity index (χ0n) is 9.08. The zero-order valence-corrected chi connectivity index (χ0v) is 9.08. The summed E-state index contributed by atoms with van der Waals surface area (Å²) in [5.74, 6) is 1.07. The van der Waals surface area contributed by atoms with Crippen LogP contribution < -0.4 is 5.73 Å². The van der Waals surface area contributed by atoms with Crippen LogP contribution in [0.15, 0.2) is 24.7 Å². The lowest BCUT2D eigenvalue weighted by Gasteiger charge is -1.97. The molecule has 0 aromatic carbocycles. The molecule has 0 saturated heterocycles. The van der Waals surface area contributed by atoms with Crippen LogP contribution in [0.5, 0.6) is 0 Å². The lowest BCUT2D eigenvalue weighted by atomic mass is 10.3. The molecule has 3 rings (SSSR count). The summed E-state index contributed by atoms with van der Waals surface area (Å²) in [5, 5.41) is 4.03. The molecule has 1 aliphatic carbocycles. The Morgan fingerprint density at radius 3 is 3.00 bits per heavy atom. The van der Waals surface area contributed by atoms with E-state index in [1.807, 2.05) is 0 Å². The van der Waals surface area contributed by atoms with Crippen LogP contribution in [0.2, 0.25) is 0 Å². The minimum absolute atomic E-state index is 0.0418. The Bertz CT molecular complexity index is 573. The molecule has 2 N–H and O–H groups in total. The number of hydrogen-bond donors (Lipinski definition) is 1. The van der Waals surface area contributed by atoms with Gasteiger partial charge in [-0.25, -0.2) is 14.6 Å². The van der Waals surface area contributed by atoms with Crippen LogP contribution in [0.1, 0.15) is 17.6 Å². The maximum absolute atomic E-state index is 11.8.